The van der Waals surface area contributed by atoms with Gasteiger partial charge in [0, 0.05) is 19.8 Å². The van der Waals surface area contributed by atoms with Gasteiger partial charge in [-0.2, -0.15) is 5.26 Å². The molecule has 0 aromatic heterocycles. The highest BCUT2D eigenvalue weighted by Crippen LogP contribution is 2.10. The first-order valence-corrected chi connectivity index (χ1v) is 7.66. The molecule has 0 fully saturated rings. The van der Waals surface area contributed by atoms with Gasteiger partial charge in [-0.3, -0.25) is 0 Å². The minimum atomic E-state index is -3.54. The molecule has 0 saturated carbocycles. The topological polar surface area (TPSA) is 79.2 Å². The third-order valence-corrected chi connectivity index (χ3v) is 3.84. The van der Waals surface area contributed by atoms with Gasteiger partial charge < -0.3 is 4.74 Å². The number of rotatable bonds is 8. The summed E-state index contributed by atoms with van der Waals surface area (Å²) in [4.78, 5) is 0.112. The van der Waals surface area contributed by atoms with Crippen LogP contribution in [0, 0.1) is 11.3 Å². The molecular weight excluding hydrogens is 264 g/mol. The molecule has 0 heterocycles. The van der Waals surface area contributed by atoms with Crippen LogP contribution in [0.2, 0.25) is 0 Å². The van der Waals surface area contributed by atoms with Crippen LogP contribution in [0.15, 0.2) is 29.2 Å². The van der Waals surface area contributed by atoms with E-state index in [0.29, 0.717) is 31.7 Å². The van der Waals surface area contributed by atoms with Crippen LogP contribution in [-0.2, 0) is 14.8 Å². The van der Waals surface area contributed by atoms with Crippen molar-refractivity contribution in [2.45, 2.75) is 24.7 Å². The fourth-order valence-electron chi connectivity index (χ4n) is 1.44. The van der Waals surface area contributed by atoms with Gasteiger partial charge in [-0.15, -0.1) is 0 Å². The van der Waals surface area contributed by atoms with Crippen LogP contribution in [0.1, 0.15) is 25.3 Å². The van der Waals surface area contributed by atoms with Crippen molar-refractivity contribution in [2.75, 3.05) is 19.8 Å². The highest BCUT2D eigenvalue weighted by molar-refractivity contribution is 7.89. The van der Waals surface area contributed by atoms with Gasteiger partial charge in [-0.1, -0.05) is 13.0 Å². The highest BCUT2D eigenvalue weighted by atomic mass is 32.2. The van der Waals surface area contributed by atoms with Crippen LogP contribution in [0.5, 0.6) is 0 Å². The molecule has 1 aromatic carbocycles. The Morgan fingerprint density at radius 3 is 2.84 bits per heavy atom. The first-order valence-electron chi connectivity index (χ1n) is 6.17. The van der Waals surface area contributed by atoms with Crippen LogP contribution in [0.4, 0.5) is 0 Å². The minimum absolute atomic E-state index is 0.112. The molecule has 19 heavy (non-hydrogen) atoms. The van der Waals surface area contributed by atoms with Gasteiger partial charge in [0.15, 0.2) is 0 Å². The van der Waals surface area contributed by atoms with E-state index in [4.69, 9.17) is 10.00 Å². The standard InChI is InChI=1S/C13H18N2O3S/c1-2-8-18-9-4-7-15-19(16,17)13-6-3-5-12(10-13)11-14/h3,5-6,10,15H,2,4,7-9H2,1H3. The van der Waals surface area contributed by atoms with Crippen molar-refractivity contribution in [3.63, 3.8) is 0 Å². The number of nitriles is 1. The van der Waals surface area contributed by atoms with Gasteiger partial charge in [-0.25, -0.2) is 13.1 Å². The largest absolute Gasteiger partial charge is 0.381 e. The second-order valence-electron chi connectivity index (χ2n) is 4.00. The Balaban J connectivity index is 2.49. The zero-order chi connectivity index (χ0) is 14.1. The first kappa shape index (κ1) is 15.6. The predicted molar refractivity (Wildman–Crippen MR) is 72.1 cm³/mol. The third kappa shape index (κ3) is 5.39. The molecule has 0 bridgehead atoms. The smallest absolute Gasteiger partial charge is 0.240 e. The molecule has 104 valence electrons. The quantitative estimate of drug-likeness (QED) is 0.735. The molecule has 0 atom stereocenters. The molecule has 0 spiro atoms. The van der Waals surface area contributed by atoms with Crippen molar-refractivity contribution in [2.24, 2.45) is 0 Å². The summed E-state index contributed by atoms with van der Waals surface area (Å²) < 4.78 is 31.6. The summed E-state index contributed by atoms with van der Waals surface area (Å²) in [6, 6.07) is 7.86. The van der Waals surface area contributed by atoms with Gasteiger partial charge in [0.05, 0.1) is 16.5 Å². The van der Waals surface area contributed by atoms with Crippen molar-refractivity contribution >= 4 is 10.0 Å². The van der Waals surface area contributed by atoms with Crippen molar-refractivity contribution in [1.82, 2.24) is 4.72 Å². The van der Waals surface area contributed by atoms with Crippen molar-refractivity contribution in [1.29, 1.82) is 5.26 Å². The highest BCUT2D eigenvalue weighted by Gasteiger charge is 2.13. The Morgan fingerprint density at radius 2 is 2.16 bits per heavy atom. The predicted octanol–water partition coefficient (Wildman–Crippen LogP) is 1.65. The summed E-state index contributed by atoms with van der Waals surface area (Å²) in [7, 11) is -3.54. The lowest BCUT2D eigenvalue weighted by Crippen LogP contribution is -2.25. The zero-order valence-corrected chi connectivity index (χ0v) is 11.7. The number of sulfonamides is 1. The average molecular weight is 282 g/mol. The van der Waals surface area contributed by atoms with Crippen LogP contribution in [0.3, 0.4) is 0 Å². The average Bonchev–Trinajstić information content (AvgIpc) is 2.43. The van der Waals surface area contributed by atoms with E-state index < -0.39 is 10.0 Å². The van der Waals surface area contributed by atoms with Gasteiger partial charge >= 0.3 is 0 Å². The van der Waals surface area contributed by atoms with Gasteiger partial charge in [-0.05, 0) is 31.0 Å². The van der Waals surface area contributed by atoms with Crippen molar-refractivity contribution in [3.05, 3.63) is 29.8 Å². The number of nitrogens with zero attached hydrogens (tertiary/aromatic N) is 1. The monoisotopic (exact) mass is 282 g/mol. The molecule has 1 rings (SSSR count). The van der Waals surface area contributed by atoms with E-state index in [1.54, 1.807) is 12.1 Å². The van der Waals surface area contributed by atoms with E-state index in [1.165, 1.54) is 12.1 Å². The number of benzene rings is 1. The molecule has 0 aliphatic rings. The number of hydrogen-bond acceptors (Lipinski definition) is 4. The lowest BCUT2D eigenvalue weighted by molar-refractivity contribution is 0.133. The molecule has 6 heteroatoms. The molecule has 0 unspecified atom stereocenters. The maximum Gasteiger partial charge on any atom is 0.240 e. The fourth-order valence-corrected chi connectivity index (χ4v) is 2.56. The Labute approximate surface area is 114 Å². The Bertz CT molecular complexity index is 535. The second kappa shape index (κ2) is 7.89. The first-order chi connectivity index (χ1) is 9.10. The van der Waals surface area contributed by atoms with Crippen LogP contribution >= 0.6 is 0 Å². The van der Waals surface area contributed by atoms with Gasteiger partial charge in [0.25, 0.3) is 0 Å². The molecule has 0 aliphatic heterocycles. The van der Waals surface area contributed by atoms with Gasteiger partial charge in [0.2, 0.25) is 10.0 Å². The summed E-state index contributed by atoms with van der Waals surface area (Å²) in [5.74, 6) is 0. The summed E-state index contributed by atoms with van der Waals surface area (Å²) in [5.41, 5.74) is 0.328. The lowest BCUT2D eigenvalue weighted by Gasteiger charge is -2.07. The van der Waals surface area contributed by atoms with Gasteiger partial charge in [0.1, 0.15) is 0 Å². The maximum atomic E-state index is 11.9. The van der Waals surface area contributed by atoms with Crippen molar-refractivity contribution in [3.8, 4) is 6.07 Å². The number of nitrogens with one attached hydrogen (secondary N) is 1. The van der Waals surface area contributed by atoms with Crippen LogP contribution in [-0.4, -0.2) is 28.2 Å². The lowest BCUT2D eigenvalue weighted by atomic mass is 10.2. The molecular formula is C13H18N2O3S. The second-order valence-corrected chi connectivity index (χ2v) is 5.77. The van der Waals surface area contributed by atoms with E-state index in [1.807, 2.05) is 13.0 Å². The third-order valence-electron chi connectivity index (χ3n) is 2.38. The molecule has 5 nitrogen and oxygen atoms in total. The molecule has 0 radical (unpaired) electrons. The van der Waals surface area contributed by atoms with Crippen LogP contribution < -0.4 is 4.72 Å². The van der Waals surface area contributed by atoms with E-state index >= 15 is 0 Å². The number of hydrogen-bond donors (Lipinski definition) is 1. The number of ether oxygens (including phenoxy) is 1. The van der Waals surface area contributed by atoms with E-state index in [2.05, 4.69) is 4.72 Å². The fraction of sp³-hybridized carbons (Fsp3) is 0.462. The molecule has 0 amide bonds. The summed E-state index contributed by atoms with van der Waals surface area (Å²) in [5, 5.41) is 8.74. The van der Waals surface area contributed by atoms with Crippen LogP contribution in [0.25, 0.3) is 0 Å². The Morgan fingerprint density at radius 1 is 1.37 bits per heavy atom. The molecule has 0 saturated heterocycles. The summed E-state index contributed by atoms with van der Waals surface area (Å²) in [6.07, 6.45) is 1.57. The zero-order valence-electron chi connectivity index (χ0n) is 10.9. The summed E-state index contributed by atoms with van der Waals surface area (Å²) >= 11 is 0. The SMILES string of the molecule is CCCOCCCNS(=O)(=O)c1cccc(C#N)c1. The molecule has 0 aliphatic carbocycles. The normalized spacial score (nSPS) is 11.2. The Kier molecular flexibility index (Phi) is 6.50. The van der Waals surface area contributed by atoms with E-state index in [0.717, 1.165) is 6.42 Å². The molecule has 1 aromatic rings. The van der Waals surface area contributed by atoms with E-state index in [-0.39, 0.29) is 4.90 Å². The minimum Gasteiger partial charge on any atom is -0.381 e. The summed E-state index contributed by atoms with van der Waals surface area (Å²) in [6.45, 7) is 3.57. The Hall–Kier alpha value is -1.42. The van der Waals surface area contributed by atoms with E-state index in [9.17, 15) is 8.42 Å². The maximum absolute atomic E-state index is 11.9. The van der Waals surface area contributed by atoms with Crippen molar-refractivity contribution < 1.29 is 13.2 Å². The molecule has 1 N–H and O–H groups in total.